The molecule has 4 N–H and O–H groups in total. The third kappa shape index (κ3) is 10.6. The van der Waals surface area contributed by atoms with E-state index in [1.807, 2.05) is 0 Å². The van der Waals surface area contributed by atoms with Gasteiger partial charge in [-0.3, -0.25) is 24.0 Å². The summed E-state index contributed by atoms with van der Waals surface area (Å²) in [5.41, 5.74) is 1.11. The highest BCUT2D eigenvalue weighted by molar-refractivity contribution is 5.88. The minimum Gasteiger partial charge on any atom is -0.467 e. The van der Waals surface area contributed by atoms with Gasteiger partial charge in [0.1, 0.15) is 12.1 Å². The molecule has 14 nitrogen and oxygen atoms in total. The molecule has 0 spiro atoms. The molecule has 0 aliphatic carbocycles. The number of methoxy groups -OCH3 is 1. The van der Waals surface area contributed by atoms with Gasteiger partial charge < -0.3 is 35.1 Å². The summed E-state index contributed by atoms with van der Waals surface area (Å²) < 4.78 is 14.9. The van der Waals surface area contributed by atoms with E-state index in [2.05, 4.69) is 25.9 Å². The van der Waals surface area contributed by atoms with Crippen LogP contribution in [-0.2, 0) is 46.3 Å². The van der Waals surface area contributed by atoms with Crippen LogP contribution in [0.1, 0.15) is 38.4 Å². The second-order valence-corrected chi connectivity index (χ2v) is 8.39. The lowest BCUT2D eigenvalue weighted by molar-refractivity contribution is -0.145. The van der Waals surface area contributed by atoms with Crippen molar-refractivity contribution < 1.29 is 43.0 Å². The number of hydrogen-bond donors (Lipinski definition) is 4. The summed E-state index contributed by atoms with van der Waals surface area (Å²) in [6.45, 7) is 3.54. The van der Waals surface area contributed by atoms with Gasteiger partial charge in [0.15, 0.2) is 11.5 Å². The van der Waals surface area contributed by atoms with Crippen molar-refractivity contribution in [1.29, 1.82) is 0 Å². The number of amides is 3. The Kier molecular flexibility index (Phi) is 11.6. The Morgan fingerprint density at radius 1 is 0.923 bits per heavy atom. The molecule has 0 saturated carbocycles. The Hall–Kier alpha value is -4.75. The van der Waals surface area contributed by atoms with E-state index in [4.69, 9.17) is 14.2 Å². The maximum atomic E-state index is 12.8. The van der Waals surface area contributed by atoms with Gasteiger partial charge in [-0.15, -0.1) is 0 Å². The zero-order valence-electron chi connectivity index (χ0n) is 22.0. The average molecular weight is 546 g/mol. The molecule has 39 heavy (non-hydrogen) atoms. The minimum absolute atomic E-state index is 0.000817. The Morgan fingerprint density at radius 2 is 1.62 bits per heavy atom. The molecule has 3 amide bonds. The molecule has 0 aliphatic rings. The number of ether oxygens (including phenoxy) is 3. The second kappa shape index (κ2) is 14.9. The van der Waals surface area contributed by atoms with E-state index < -0.39 is 47.7 Å². The third-order valence-electron chi connectivity index (χ3n) is 5.10. The smallest absolute Gasteiger partial charge is 0.328 e. The summed E-state index contributed by atoms with van der Waals surface area (Å²) in [5.74, 6) is -3.45. The van der Waals surface area contributed by atoms with Crippen LogP contribution < -0.4 is 25.4 Å². The molecule has 0 saturated heterocycles. The maximum Gasteiger partial charge on any atom is 0.328 e. The fraction of sp³-hybridized carbons (Fsp3) is 0.400. The maximum absolute atomic E-state index is 12.8. The first-order valence-electron chi connectivity index (χ1n) is 11.9. The lowest BCUT2D eigenvalue weighted by Crippen LogP contribution is -2.48. The van der Waals surface area contributed by atoms with Gasteiger partial charge in [-0.05, 0) is 17.7 Å². The van der Waals surface area contributed by atoms with Crippen molar-refractivity contribution in [3.8, 4) is 11.5 Å². The zero-order valence-corrected chi connectivity index (χ0v) is 22.0. The molecule has 0 radical (unpaired) electrons. The quantitative estimate of drug-likeness (QED) is 0.192. The predicted octanol–water partition coefficient (Wildman–Crippen LogP) is -0.286. The topological polar surface area (TPSA) is 195 Å². The first kappa shape index (κ1) is 30.5. The minimum atomic E-state index is -1.03. The summed E-state index contributed by atoms with van der Waals surface area (Å²) in [6.07, 6.45) is 2.95. The van der Waals surface area contributed by atoms with Gasteiger partial charge >= 0.3 is 17.9 Å². The highest BCUT2D eigenvalue weighted by Gasteiger charge is 2.24. The molecule has 0 bridgehead atoms. The van der Waals surface area contributed by atoms with E-state index in [9.17, 15) is 28.8 Å². The molecule has 2 aromatic rings. The van der Waals surface area contributed by atoms with Crippen molar-refractivity contribution in [2.75, 3.05) is 13.7 Å². The van der Waals surface area contributed by atoms with Crippen LogP contribution in [0.5, 0.6) is 11.5 Å². The van der Waals surface area contributed by atoms with Crippen molar-refractivity contribution in [2.45, 2.75) is 52.1 Å². The molecule has 14 heteroatoms. The Labute approximate surface area is 224 Å². The number of esters is 3. The lowest BCUT2D eigenvalue weighted by Gasteiger charge is -2.19. The van der Waals surface area contributed by atoms with Crippen molar-refractivity contribution in [2.24, 2.45) is 0 Å². The van der Waals surface area contributed by atoms with Crippen LogP contribution in [0.3, 0.4) is 0 Å². The fourth-order valence-corrected chi connectivity index (χ4v) is 3.48. The zero-order chi connectivity index (χ0) is 28.9. The lowest BCUT2D eigenvalue weighted by atomic mass is 10.0. The molecule has 0 fully saturated rings. The SMILES string of the molecule is COC(=O)C(Cc1cnc[nH]1)NC(=O)CCNC(=O)[C@H](Cc1ccc(OC(C)=O)c(OC(C)=O)c1)NC(C)=O. The standard InChI is InChI=1S/C25H31N5O9/c1-14(31)29-19(9-17-5-6-21(38-15(2)32)22(10-17)39-16(3)33)24(35)27-8-7-23(34)30-20(25(36)37-4)11-18-12-26-13-28-18/h5-6,10,12-13,19-20H,7-9,11H2,1-4H3,(H,26,28)(H,27,35)(H,29,31)(H,30,34)/t19-,20?/m0/s1. The number of benzene rings is 1. The Balaban J connectivity index is 2.01. The molecule has 2 atom stereocenters. The third-order valence-corrected chi connectivity index (χ3v) is 5.10. The van der Waals surface area contributed by atoms with E-state index in [1.54, 1.807) is 6.07 Å². The van der Waals surface area contributed by atoms with Crippen molar-refractivity contribution in [3.63, 3.8) is 0 Å². The number of aromatic amines is 1. The molecule has 1 aromatic heterocycles. The van der Waals surface area contributed by atoms with Gasteiger partial charge in [0, 0.05) is 58.5 Å². The summed E-state index contributed by atoms with van der Waals surface area (Å²) >= 11 is 0. The summed E-state index contributed by atoms with van der Waals surface area (Å²) in [4.78, 5) is 78.5. The van der Waals surface area contributed by atoms with Gasteiger partial charge in [-0.25, -0.2) is 9.78 Å². The van der Waals surface area contributed by atoms with Gasteiger partial charge in [-0.2, -0.15) is 0 Å². The molecular weight excluding hydrogens is 514 g/mol. The van der Waals surface area contributed by atoms with E-state index in [0.29, 0.717) is 11.3 Å². The van der Waals surface area contributed by atoms with Gasteiger partial charge in [0.25, 0.3) is 0 Å². The molecular formula is C25H31N5O9. The van der Waals surface area contributed by atoms with Gasteiger partial charge in [0.05, 0.1) is 13.4 Å². The summed E-state index contributed by atoms with van der Waals surface area (Å²) in [5, 5.41) is 7.68. The molecule has 1 aromatic carbocycles. The number of nitrogens with one attached hydrogen (secondary N) is 4. The van der Waals surface area contributed by atoms with E-state index in [1.165, 1.54) is 52.5 Å². The number of carbonyl (C=O) groups is 6. The number of rotatable bonds is 13. The number of carbonyl (C=O) groups excluding carboxylic acids is 6. The molecule has 2 rings (SSSR count). The molecule has 0 aliphatic heterocycles. The van der Waals surface area contributed by atoms with Crippen molar-refractivity contribution in [3.05, 3.63) is 42.0 Å². The number of aromatic nitrogens is 2. The van der Waals surface area contributed by atoms with E-state index in [0.717, 1.165) is 0 Å². The van der Waals surface area contributed by atoms with Crippen molar-refractivity contribution in [1.82, 2.24) is 25.9 Å². The number of imidazole rings is 1. The van der Waals surface area contributed by atoms with Crippen LogP contribution in [0.25, 0.3) is 0 Å². The molecule has 1 heterocycles. The highest BCUT2D eigenvalue weighted by Crippen LogP contribution is 2.29. The van der Waals surface area contributed by atoms with Crippen LogP contribution in [-0.4, -0.2) is 71.3 Å². The molecule has 210 valence electrons. The van der Waals surface area contributed by atoms with Crippen LogP contribution in [0.15, 0.2) is 30.7 Å². The average Bonchev–Trinajstić information content (AvgIpc) is 3.36. The number of H-pyrrole nitrogens is 1. The van der Waals surface area contributed by atoms with Gasteiger partial charge in [-0.1, -0.05) is 6.07 Å². The fourth-order valence-electron chi connectivity index (χ4n) is 3.48. The van der Waals surface area contributed by atoms with Gasteiger partial charge in [0.2, 0.25) is 17.7 Å². The Bertz CT molecular complexity index is 1200. The monoisotopic (exact) mass is 545 g/mol. The largest absolute Gasteiger partial charge is 0.467 e. The van der Waals surface area contributed by atoms with Crippen LogP contribution in [0, 0.1) is 0 Å². The summed E-state index contributed by atoms with van der Waals surface area (Å²) in [6, 6.07) is 2.39. The normalized spacial score (nSPS) is 11.9. The Morgan fingerprint density at radius 3 is 2.21 bits per heavy atom. The van der Waals surface area contributed by atoms with E-state index in [-0.39, 0.29) is 37.3 Å². The first-order chi connectivity index (χ1) is 18.5. The van der Waals surface area contributed by atoms with Crippen LogP contribution in [0.2, 0.25) is 0 Å². The molecule has 1 unspecified atom stereocenters. The highest BCUT2D eigenvalue weighted by atomic mass is 16.6. The summed E-state index contributed by atoms with van der Waals surface area (Å²) in [7, 11) is 1.20. The first-order valence-corrected chi connectivity index (χ1v) is 11.9. The van der Waals surface area contributed by atoms with Crippen molar-refractivity contribution >= 4 is 35.6 Å². The van der Waals surface area contributed by atoms with Crippen LogP contribution in [0.4, 0.5) is 0 Å². The second-order valence-electron chi connectivity index (χ2n) is 8.39. The predicted molar refractivity (Wildman–Crippen MR) is 134 cm³/mol. The number of hydrogen-bond acceptors (Lipinski definition) is 10. The number of nitrogens with zero attached hydrogens (tertiary/aromatic N) is 1. The van der Waals surface area contributed by atoms with E-state index >= 15 is 0 Å². The van der Waals surface area contributed by atoms with Crippen LogP contribution >= 0.6 is 0 Å².